The highest BCUT2D eigenvalue weighted by Crippen LogP contribution is 2.21. The van der Waals surface area contributed by atoms with E-state index in [1.165, 1.54) is 38.7 Å². The maximum Gasteiger partial charge on any atom is 0.191 e. The van der Waals surface area contributed by atoms with Gasteiger partial charge in [-0.15, -0.1) is 24.0 Å². The number of likely N-dealkylation sites (tertiary alicyclic amines) is 1. The number of nitrogens with one attached hydrogen (secondary N) is 2. The van der Waals surface area contributed by atoms with E-state index < -0.39 is 9.84 Å². The Morgan fingerprint density at radius 1 is 1.17 bits per heavy atom. The minimum Gasteiger partial charge on any atom is -0.356 e. The van der Waals surface area contributed by atoms with Gasteiger partial charge in [0.15, 0.2) is 15.8 Å². The second kappa shape index (κ2) is 12.9. The maximum atomic E-state index is 11.7. The largest absolute Gasteiger partial charge is 0.356 e. The molecular weight excluding hydrogens is 511 g/mol. The van der Waals surface area contributed by atoms with Gasteiger partial charge in [0.05, 0.1) is 4.90 Å². The molecule has 2 atom stereocenters. The number of aryl methyl sites for hydroxylation is 1. The number of hydrogen-bond donors (Lipinski definition) is 2. The summed E-state index contributed by atoms with van der Waals surface area (Å²) in [4.78, 5) is 7.27. The second-order valence-corrected chi connectivity index (χ2v) is 10.6. The Balaban J connectivity index is 0.00000450. The molecule has 1 aliphatic rings. The van der Waals surface area contributed by atoms with Crippen molar-refractivity contribution in [1.82, 2.24) is 15.5 Å². The molecule has 0 radical (unpaired) electrons. The van der Waals surface area contributed by atoms with Crippen LogP contribution in [0.2, 0.25) is 0 Å². The van der Waals surface area contributed by atoms with Gasteiger partial charge in [-0.1, -0.05) is 26.0 Å². The van der Waals surface area contributed by atoms with Crippen LogP contribution in [0.1, 0.15) is 44.2 Å². The van der Waals surface area contributed by atoms with Gasteiger partial charge < -0.3 is 15.5 Å². The van der Waals surface area contributed by atoms with E-state index in [1.54, 1.807) is 13.1 Å². The normalized spacial score (nSPS) is 20.5. The van der Waals surface area contributed by atoms with E-state index in [0.717, 1.165) is 41.9 Å². The Morgan fingerprint density at radius 3 is 2.40 bits per heavy atom. The van der Waals surface area contributed by atoms with Crippen molar-refractivity contribution in [2.75, 3.05) is 39.5 Å². The highest BCUT2D eigenvalue weighted by Gasteiger charge is 2.20. The van der Waals surface area contributed by atoms with Crippen molar-refractivity contribution < 1.29 is 8.42 Å². The first-order valence-corrected chi connectivity index (χ1v) is 12.5. The fourth-order valence-corrected chi connectivity index (χ4v) is 5.24. The van der Waals surface area contributed by atoms with Crippen molar-refractivity contribution in [1.29, 1.82) is 0 Å². The molecule has 2 N–H and O–H groups in total. The summed E-state index contributed by atoms with van der Waals surface area (Å²) >= 11 is 0. The summed E-state index contributed by atoms with van der Waals surface area (Å²) in [7, 11) is -1.41. The van der Waals surface area contributed by atoms with Crippen LogP contribution >= 0.6 is 24.0 Å². The zero-order chi connectivity index (χ0) is 21.4. The van der Waals surface area contributed by atoms with Gasteiger partial charge in [-0.05, 0) is 61.8 Å². The van der Waals surface area contributed by atoms with Crippen LogP contribution in [-0.4, -0.2) is 58.8 Å². The quantitative estimate of drug-likeness (QED) is 0.225. The van der Waals surface area contributed by atoms with Crippen molar-refractivity contribution in [2.24, 2.45) is 16.8 Å². The van der Waals surface area contributed by atoms with E-state index in [0.29, 0.717) is 11.4 Å². The van der Waals surface area contributed by atoms with Gasteiger partial charge >= 0.3 is 0 Å². The molecule has 8 heteroatoms. The predicted molar refractivity (Wildman–Crippen MR) is 137 cm³/mol. The van der Waals surface area contributed by atoms with Gasteiger partial charge in [0.2, 0.25) is 0 Å². The van der Waals surface area contributed by atoms with Crippen molar-refractivity contribution >= 4 is 39.8 Å². The minimum absolute atomic E-state index is 0. The van der Waals surface area contributed by atoms with Gasteiger partial charge in [-0.3, -0.25) is 4.99 Å². The summed E-state index contributed by atoms with van der Waals surface area (Å²) in [5, 5.41) is 6.67. The SMILES string of the molecule is CN=C(NCCCCN1CC(C)CC(C)C1)NCc1ccc(S(C)(=O)=O)c(C)c1.I. The summed E-state index contributed by atoms with van der Waals surface area (Å²) in [6, 6.07) is 5.45. The predicted octanol–water partition coefficient (Wildman–Crippen LogP) is 3.44. The monoisotopic (exact) mass is 550 g/mol. The van der Waals surface area contributed by atoms with E-state index in [1.807, 2.05) is 19.1 Å². The van der Waals surface area contributed by atoms with Crippen LogP contribution in [0.3, 0.4) is 0 Å². The molecule has 1 aromatic carbocycles. The number of sulfone groups is 1. The Hall–Kier alpha value is -0.870. The number of hydrogen-bond acceptors (Lipinski definition) is 4. The second-order valence-electron chi connectivity index (χ2n) is 8.64. The highest BCUT2D eigenvalue weighted by molar-refractivity contribution is 14.0. The summed E-state index contributed by atoms with van der Waals surface area (Å²) in [5.74, 6) is 2.40. The average molecular weight is 551 g/mol. The molecule has 1 saturated heterocycles. The molecule has 1 heterocycles. The molecule has 0 aromatic heterocycles. The molecule has 0 saturated carbocycles. The number of rotatable bonds is 8. The molecule has 0 amide bonds. The number of aliphatic imine (C=N–C) groups is 1. The van der Waals surface area contributed by atoms with Gasteiger partial charge in [0.25, 0.3) is 0 Å². The fourth-order valence-electron chi connectivity index (χ4n) is 4.29. The lowest BCUT2D eigenvalue weighted by Crippen LogP contribution is -2.40. The molecule has 0 spiro atoms. The summed E-state index contributed by atoms with van der Waals surface area (Å²) < 4.78 is 23.5. The van der Waals surface area contributed by atoms with Crippen molar-refractivity contribution in [2.45, 2.75) is 51.5 Å². The number of benzene rings is 1. The molecule has 0 bridgehead atoms. The van der Waals surface area contributed by atoms with Crippen LogP contribution in [-0.2, 0) is 16.4 Å². The molecule has 0 aliphatic carbocycles. The molecule has 1 fully saturated rings. The van der Waals surface area contributed by atoms with E-state index >= 15 is 0 Å². The summed E-state index contributed by atoms with van der Waals surface area (Å²) in [5.41, 5.74) is 1.81. The number of nitrogens with zero attached hydrogens (tertiary/aromatic N) is 2. The van der Waals surface area contributed by atoms with Crippen LogP contribution in [0.25, 0.3) is 0 Å². The molecule has 6 nitrogen and oxygen atoms in total. The lowest BCUT2D eigenvalue weighted by molar-refractivity contribution is 0.139. The number of piperidine rings is 1. The summed E-state index contributed by atoms with van der Waals surface area (Å²) in [6.07, 6.45) is 4.90. The Kier molecular flexibility index (Phi) is 11.6. The topological polar surface area (TPSA) is 73.8 Å². The molecule has 172 valence electrons. The standard InChI is InChI=1S/C22H38N4O2S.HI/c1-17-12-18(2)16-26(15-17)11-7-6-10-24-22(23-4)25-14-20-8-9-21(19(3)13-20)29(5,27)28;/h8-9,13,17-18H,6-7,10-12,14-16H2,1-5H3,(H2,23,24,25);1H. The lowest BCUT2D eigenvalue weighted by Gasteiger charge is -2.34. The van der Waals surface area contributed by atoms with E-state index in [-0.39, 0.29) is 24.0 Å². The van der Waals surface area contributed by atoms with Crippen LogP contribution in [0, 0.1) is 18.8 Å². The third kappa shape index (κ3) is 9.09. The first kappa shape index (κ1) is 27.2. The molecule has 2 rings (SSSR count). The number of halogens is 1. The average Bonchev–Trinajstić information content (AvgIpc) is 2.62. The molecule has 30 heavy (non-hydrogen) atoms. The van der Waals surface area contributed by atoms with Crippen molar-refractivity contribution in [3.63, 3.8) is 0 Å². The number of unbranched alkanes of at least 4 members (excludes halogenated alkanes) is 1. The van der Waals surface area contributed by atoms with Crippen LogP contribution in [0.4, 0.5) is 0 Å². The molecular formula is C22H39IN4O2S. The zero-order valence-electron chi connectivity index (χ0n) is 19.1. The van der Waals surface area contributed by atoms with Gasteiger partial charge in [0.1, 0.15) is 0 Å². The van der Waals surface area contributed by atoms with Crippen LogP contribution < -0.4 is 10.6 Å². The Labute approximate surface area is 200 Å². The lowest BCUT2D eigenvalue weighted by atomic mass is 9.92. The molecule has 1 aromatic rings. The van der Waals surface area contributed by atoms with Gasteiger partial charge in [-0.25, -0.2) is 8.42 Å². The number of guanidine groups is 1. The van der Waals surface area contributed by atoms with E-state index in [4.69, 9.17) is 0 Å². The Morgan fingerprint density at radius 2 is 1.83 bits per heavy atom. The summed E-state index contributed by atoms with van der Waals surface area (Å²) in [6.45, 7) is 11.7. The first-order chi connectivity index (χ1) is 13.7. The molecule has 1 aliphatic heterocycles. The third-order valence-corrected chi connectivity index (χ3v) is 6.72. The minimum atomic E-state index is -3.18. The zero-order valence-corrected chi connectivity index (χ0v) is 22.2. The first-order valence-electron chi connectivity index (χ1n) is 10.7. The van der Waals surface area contributed by atoms with Gasteiger partial charge in [0, 0.05) is 39.5 Å². The van der Waals surface area contributed by atoms with Gasteiger partial charge in [-0.2, -0.15) is 0 Å². The van der Waals surface area contributed by atoms with E-state index in [2.05, 4.69) is 34.4 Å². The van der Waals surface area contributed by atoms with Crippen molar-refractivity contribution in [3.8, 4) is 0 Å². The third-order valence-electron chi connectivity index (χ3n) is 5.46. The van der Waals surface area contributed by atoms with Crippen molar-refractivity contribution in [3.05, 3.63) is 29.3 Å². The smallest absolute Gasteiger partial charge is 0.191 e. The van der Waals surface area contributed by atoms with Crippen LogP contribution in [0.15, 0.2) is 28.1 Å². The highest BCUT2D eigenvalue weighted by atomic mass is 127. The fraction of sp³-hybridized carbons (Fsp3) is 0.682. The Bertz CT molecular complexity index is 788. The molecule has 2 unspecified atom stereocenters. The van der Waals surface area contributed by atoms with E-state index in [9.17, 15) is 8.42 Å². The van der Waals surface area contributed by atoms with Crippen LogP contribution in [0.5, 0.6) is 0 Å². The maximum absolute atomic E-state index is 11.7.